The highest BCUT2D eigenvalue weighted by molar-refractivity contribution is 7.21. The van der Waals surface area contributed by atoms with Crippen LogP contribution in [0.15, 0.2) is 18.2 Å². The molecular weight excluding hydrogens is 293 g/mol. The summed E-state index contributed by atoms with van der Waals surface area (Å²) in [6.07, 6.45) is 0.0259. The minimum absolute atomic E-state index is 0.0259. The van der Waals surface area contributed by atoms with Crippen molar-refractivity contribution in [3.05, 3.63) is 34.5 Å². The largest absolute Gasteiger partial charge is 0.477 e. The molecule has 6 heteroatoms. The lowest BCUT2D eigenvalue weighted by Gasteiger charge is -2.12. The van der Waals surface area contributed by atoms with Crippen LogP contribution in [0.3, 0.4) is 0 Å². The molecule has 0 aliphatic carbocycles. The average Bonchev–Trinajstić information content (AvgIpc) is 2.79. The van der Waals surface area contributed by atoms with Crippen molar-refractivity contribution in [1.82, 2.24) is 5.32 Å². The van der Waals surface area contributed by atoms with Gasteiger partial charge in [-0.2, -0.15) is 0 Å². The molecule has 1 atom stereocenters. The van der Waals surface area contributed by atoms with E-state index in [1.165, 1.54) is 6.07 Å². The Morgan fingerprint density at radius 2 is 2.29 bits per heavy atom. The molecule has 2 N–H and O–H groups in total. The summed E-state index contributed by atoms with van der Waals surface area (Å²) in [5.41, 5.74) is 0.504. The van der Waals surface area contributed by atoms with E-state index < -0.39 is 5.97 Å². The van der Waals surface area contributed by atoms with Crippen molar-refractivity contribution in [2.75, 3.05) is 13.2 Å². The van der Waals surface area contributed by atoms with Crippen LogP contribution in [-0.2, 0) is 11.3 Å². The SMILES string of the molecule is CCOC(C)CNCc1c(C(=O)O)sc2cccc(F)c12. The summed E-state index contributed by atoms with van der Waals surface area (Å²) >= 11 is 1.10. The van der Waals surface area contributed by atoms with Crippen LogP contribution in [-0.4, -0.2) is 30.3 Å². The van der Waals surface area contributed by atoms with E-state index in [-0.39, 0.29) is 16.8 Å². The number of hydrogen-bond donors (Lipinski definition) is 2. The Labute approximate surface area is 126 Å². The van der Waals surface area contributed by atoms with Crippen LogP contribution in [0.2, 0.25) is 0 Å². The van der Waals surface area contributed by atoms with Gasteiger partial charge in [-0.15, -0.1) is 11.3 Å². The molecule has 0 aliphatic rings. The number of aromatic carboxylic acids is 1. The number of carbonyl (C=O) groups is 1. The molecule has 0 radical (unpaired) electrons. The Morgan fingerprint density at radius 3 is 2.95 bits per heavy atom. The summed E-state index contributed by atoms with van der Waals surface area (Å²) in [4.78, 5) is 11.5. The lowest BCUT2D eigenvalue weighted by molar-refractivity contribution is 0.0700. The van der Waals surface area contributed by atoms with Crippen LogP contribution in [0.5, 0.6) is 0 Å². The fraction of sp³-hybridized carbons (Fsp3) is 0.400. The van der Waals surface area contributed by atoms with E-state index in [0.717, 1.165) is 11.3 Å². The van der Waals surface area contributed by atoms with E-state index >= 15 is 0 Å². The summed E-state index contributed by atoms with van der Waals surface area (Å²) in [7, 11) is 0. The van der Waals surface area contributed by atoms with Gasteiger partial charge >= 0.3 is 5.97 Å². The number of fused-ring (bicyclic) bond motifs is 1. The van der Waals surface area contributed by atoms with Crippen molar-refractivity contribution < 1.29 is 19.0 Å². The quantitative estimate of drug-likeness (QED) is 0.824. The number of hydrogen-bond acceptors (Lipinski definition) is 4. The highest BCUT2D eigenvalue weighted by Gasteiger charge is 2.19. The number of carboxylic acids is 1. The van der Waals surface area contributed by atoms with Gasteiger partial charge in [0, 0.05) is 35.3 Å². The van der Waals surface area contributed by atoms with E-state index in [1.54, 1.807) is 12.1 Å². The first-order chi connectivity index (χ1) is 10.0. The first kappa shape index (κ1) is 15.9. The smallest absolute Gasteiger partial charge is 0.346 e. The van der Waals surface area contributed by atoms with Crippen molar-refractivity contribution in [3.8, 4) is 0 Å². The standard InChI is InChI=1S/C15H18FNO3S/c1-3-20-9(2)7-17-8-10-13-11(16)5-4-6-12(13)21-14(10)15(18)19/h4-6,9,17H,3,7-8H2,1-2H3,(H,18,19). The van der Waals surface area contributed by atoms with E-state index in [0.29, 0.717) is 35.3 Å². The van der Waals surface area contributed by atoms with Crippen molar-refractivity contribution in [1.29, 1.82) is 0 Å². The van der Waals surface area contributed by atoms with Gasteiger partial charge in [0.05, 0.1) is 6.10 Å². The zero-order valence-corrected chi connectivity index (χ0v) is 12.8. The predicted molar refractivity (Wildman–Crippen MR) is 81.5 cm³/mol. The molecule has 1 aromatic heterocycles. The van der Waals surface area contributed by atoms with Crippen LogP contribution in [0, 0.1) is 5.82 Å². The fourth-order valence-electron chi connectivity index (χ4n) is 2.25. The maximum absolute atomic E-state index is 14.0. The third-order valence-electron chi connectivity index (χ3n) is 3.14. The topological polar surface area (TPSA) is 58.6 Å². The van der Waals surface area contributed by atoms with Gasteiger partial charge in [0.15, 0.2) is 0 Å². The van der Waals surface area contributed by atoms with Gasteiger partial charge in [-0.1, -0.05) is 6.07 Å². The molecule has 0 saturated heterocycles. The van der Waals surface area contributed by atoms with Crippen LogP contribution in [0.1, 0.15) is 29.1 Å². The molecule has 0 aliphatic heterocycles. The first-order valence-electron chi connectivity index (χ1n) is 6.80. The normalized spacial score (nSPS) is 12.7. The summed E-state index contributed by atoms with van der Waals surface area (Å²) in [5, 5.41) is 12.8. The second-order valence-corrected chi connectivity index (χ2v) is 5.78. The molecular formula is C15H18FNO3S. The summed E-state index contributed by atoms with van der Waals surface area (Å²) in [6, 6.07) is 4.68. The second-order valence-electron chi connectivity index (χ2n) is 4.72. The molecule has 0 fully saturated rings. The first-order valence-corrected chi connectivity index (χ1v) is 7.61. The second kappa shape index (κ2) is 6.98. The van der Waals surface area contributed by atoms with Crippen molar-refractivity contribution in [2.45, 2.75) is 26.5 Å². The van der Waals surface area contributed by atoms with Gasteiger partial charge in [-0.05, 0) is 26.0 Å². The molecule has 0 saturated carbocycles. The fourth-order valence-corrected chi connectivity index (χ4v) is 3.33. The molecule has 4 nitrogen and oxygen atoms in total. The Bertz CT molecular complexity index is 641. The zero-order valence-electron chi connectivity index (χ0n) is 12.0. The van der Waals surface area contributed by atoms with Gasteiger partial charge in [0.2, 0.25) is 0 Å². The predicted octanol–water partition coefficient (Wildman–Crippen LogP) is 3.25. The minimum Gasteiger partial charge on any atom is -0.477 e. The highest BCUT2D eigenvalue weighted by Crippen LogP contribution is 2.33. The third kappa shape index (κ3) is 3.58. The molecule has 2 aromatic rings. The van der Waals surface area contributed by atoms with Crippen molar-refractivity contribution >= 4 is 27.4 Å². The van der Waals surface area contributed by atoms with Gasteiger partial charge in [0.1, 0.15) is 10.7 Å². The molecule has 2 rings (SSSR count). The number of thiophene rings is 1. The van der Waals surface area contributed by atoms with Gasteiger partial charge < -0.3 is 15.2 Å². The molecule has 0 amide bonds. The molecule has 114 valence electrons. The molecule has 1 unspecified atom stereocenters. The Hall–Kier alpha value is -1.50. The molecule has 1 heterocycles. The van der Waals surface area contributed by atoms with Crippen LogP contribution in [0.4, 0.5) is 4.39 Å². The van der Waals surface area contributed by atoms with Crippen LogP contribution >= 0.6 is 11.3 Å². The van der Waals surface area contributed by atoms with Crippen molar-refractivity contribution in [3.63, 3.8) is 0 Å². The van der Waals surface area contributed by atoms with E-state index in [2.05, 4.69) is 5.32 Å². The number of nitrogens with one attached hydrogen (secondary N) is 1. The minimum atomic E-state index is -1.02. The number of ether oxygens (including phenoxy) is 1. The Morgan fingerprint density at radius 1 is 1.52 bits per heavy atom. The number of carboxylic acid groups (broad SMARTS) is 1. The van der Waals surface area contributed by atoms with Crippen molar-refractivity contribution in [2.24, 2.45) is 0 Å². The number of halogens is 1. The maximum Gasteiger partial charge on any atom is 0.346 e. The summed E-state index contributed by atoms with van der Waals surface area (Å²) in [5.74, 6) is -1.41. The monoisotopic (exact) mass is 311 g/mol. The number of rotatable bonds is 7. The Kier molecular flexibility index (Phi) is 5.27. The van der Waals surface area contributed by atoms with Crippen LogP contribution in [0.25, 0.3) is 10.1 Å². The maximum atomic E-state index is 14.0. The third-order valence-corrected chi connectivity index (χ3v) is 4.33. The lowest BCUT2D eigenvalue weighted by Crippen LogP contribution is -2.27. The van der Waals surface area contributed by atoms with E-state index in [9.17, 15) is 14.3 Å². The van der Waals surface area contributed by atoms with Gasteiger partial charge in [-0.25, -0.2) is 9.18 Å². The number of benzene rings is 1. The van der Waals surface area contributed by atoms with Gasteiger partial charge in [-0.3, -0.25) is 0 Å². The van der Waals surface area contributed by atoms with Crippen LogP contribution < -0.4 is 5.32 Å². The molecule has 1 aromatic carbocycles. The summed E-state index contributed by atoms with van der Waals surface area (Å²) < 4.78 is 20.0. The lowest BCUT2D eigenvalue weighted by atomic mass is 10.1. The zero-order chi connectivity index (χ0) is 15.4. The average molecular weight is 311 g/mol. The Balaban J connectivity index is 2.24. The highest BCUT2D eigenvalue weighted by atomic mass is 32.1. The molecule has 0 bridgehead atoms. The summed E-state index contributed by atoms with van der Waals surface area (Å²) in [6.45, 7) is 5.36. The molecule has 21 heavy (non-hydrogen) atoms. The van der Waals surface area contributed by atoms with Gasteiger partial charge in [0.25, 0.3) is 0 Å². The molecule has 0 spiro atoms. The van der Waals surface area contributed by atoms with E-state index in [4.69, 9.17) is 4.74 Å². The van der Waals surface area contributed by atoms with E-state index in [1.807, 2.05) is 13.8 Å².